The summed E-state index contributed by atoms with van der Waals surface area (Å²) in [6.07, 6.45) is 5.29. The van der Waals surface area contributed by atoms with Crippen molar-refractivity contribution in [1.82, 2.24) is 9.97 Å². The summed E-state index contributed by atoms with van der Waals surface area (Å²) in [4.78, 5) is 12.4. The van der Waals surface area contributed by atoms with Crippen molar-refractivity contribution < 1.29 is 0 Å². The predicted molar refractivity (Wildman–Crippen MR) is 61.0 cm³/mol. The lowest BCUT2D eigenvalue weighted by atomic mass is 10.1. The van der Waals surface area contributed by atoms with Crippen molar-refractivity contribution in [2.45, 2.75) is 0 Å². The van der Waals surface area contributed by atoms with E-state index in [2.05, 4.69) is 15.0 Å². The van der Waals surface area contributed by atoms with Crippen LogP contribution in [0.1, 0.15) is 5.56 Å². The molecule has 0 saturated carbocycles. The molecule has 0 radical (unpaired) electrons. The molecule has 0 unspecified atom stereocenters. The zero-order chi connectivity index (χ0) is 10.5. The lowest BCUT2D eigenvalue weighted by Crippen LogP contribution is -1.92. The molecule has 15 heavy (non-hydrogen) atoms. The van der Waals surface area contributed by atoms with Crippen LogP contribution in [0.25, 0.3) is 11.4 Å². The first-order valence-corrected chi connectivity index (χ1v) is 4.70. The maximum atomic E-state index is 4.22. The molecule has 3 nitrogen and oxygen atoms in total. The first kappa shape index (κ1) is 9.52. The van der Waals surface area contributed by atoms with Gasteiger partial charge in [0, 0.05) is 36.8 Å². The van der Waals surface area contributed by atoms with Gasteiger partial charge in [0.2, 0.25) is 0 Å². The quantitative estimate of drug-likeness (QED) is 0.692. The van der Waals surface area contributed by atoms with Gasteiger partial charge in [-0.05, 0) is 6.07 Å². The highest BCUT2D eigenvalue weighted by molar-refractivity contribution is 5.88. The minimum Gasteiger partial charge on any atom is -0.296 e. The molecular formula is C12H11N3. The molecule has 1 heterocycles. The molecule has 2 rings (SSSR count). The molecule has 0 N–H and O–H groups in total. The number of nitrogens with zero attached hydrogens (tertiary/aromatic N) is 3. The maximum absolute atomic E-state index is 4.22. The van der Waals surface area contributed by atoms with Gasteiger partial charge in [0.15, 0.2) is 5.82 Å². The van der Waals surface area contributed by atoms with E-state index in [0.29, 0.717) is 0 Å². The number of benzene rings is 1. The number of hydrogen-bond donors (Lipinski definition) is 0. The highest BCUT2D eigenvalue weighted by Crippen LogP contribution is 2.17. The summed E-state index contributed by atoms with van der Waals surface area (Å²) in [6.45, 7) is 0. The van der Waals surface area contributed by atoms with Crippen LogP contribution in [0.5, 0.6) is 0 Å². The lowest BCUT2D eigenvalue weighted by Gasteiger charge is -2.02. The van der Waals surface area contributed by atoms with Crippen LogP contribution >= 0.6 is 0 Å². The van der Waals surface area contributed by atoms with Crippen molar-refractivity contribution in [3.63, 3.8) is 0 Å². The Hall–Kier alpha value is -2.03. The van der Waals surface area contributed by atoms with E-state index in [-0.39, 0.29) is 0 Å². The average Bonchev–Trinajstić information content (AvgIpc) is 2.31. The molecule has 0 saturated heterocycles. The molecule has 1 aromatic heterocycles. The topological polar surface area (TPSA) is 38.1 Å². The Labute approximate surface area is 88.6 Å². The van der Waals surface area contributed by atoms with Crippen LogP contribution in [0.3, 0.4) is 0 Å². The van der Waals surface area contributed by atoms with Crippen LogP contribution < -0.4 is 0 Å². The molecule has 0 atom stereocenters. The van der Waals surface area contributed by atoms with Gasteiger partial charge in [0.1, 0.15) is 0 Å². The Morgan fingerprint density at radius 3 is 2.53 bits per heavy atom. The van der Waals surface area contributed by atoms with Crippen LogP contribution in [0.2, 0.25) is 0 Å². The van der Waals surface area contributed by atoms with E-state index in [0.717, 1.165) is 17.0 Å². The summed E-state index contributed by atoms with van der Waals surface area (Å²) in [5.41, 5.74) is 2.04. The van der Waals surface area contributed by atoms with Gasteiger partial charge in [0.25, 0.3) is 0 Å². The van der Waals surface area contributed by atoms with Gasteiger partial charge in [-0.2, -0.15) is 0 Å². The van der Waals surface area contributed by atoms with Gasteiger partial charge in [-0.1, -0.05) is 24.3 Å². The van der Waals surface area contributed by atoms with E-state index >= 15 is 0 Å². The van der Waals surface area contributed by atoms with Crippen molar-refractivity contribution in [3.05, 3.63) is 48.3 Å². The summed E-state index contributed by atoms with van der Waals surface area (Å²) in [6, 6.07) is 9.74. The maximum Gasteiger partial charge on any atom is 0.159 e. The Balaban J connectivity index is 2.53. The highest BCUT2D eigenvalue weighted by atomic mass is 14.9. The standard InChI is InChI=1S/C12H11N3/c1-13-9-10-5-2-3-6-11(10)12-14-7-4-8-15-12/h2-9H,1H3. The second-order valence-corrected chi connectivity index (χ2v) is 3.05. The second kappa shape index (κ2) is 4.46. The van der Waals surface area contributed by atoms with E-state index in [9.17, 15) is 0 Å². The molecule has 0 spiro atoms. The van der Waals surface area contributed by atoms with Gasteiger partial charge >= 0.3 is 0 Å². The monoisotopic (exact) mass is 197 g/mol. The third-order valence-corrected chi connectivity index (χ3v) is 2.04. The van der Waals surface area contributed by atoms with Crippen molar-refractivity contribution >= 4 is 6.21 Å². The largest absolute Gasteiger partial charge is 0.296 e. The summed E-state index contributed by atoms with van der Waals surface area (Å²) >= 11 is 0. The smallest absolute Gasteiger partial charge is 0.159 e. The Kier molecular flexibility index (Phi) is 2.83. The highest BCUT2D eigenvalue weighted by Gasteiger charge is 2.03. The van der Waals surface area contributed by atoms with E-state index < -0.39 is 0 Å². The van der Waals surface area contributed by atoms with Crippen LogP contribution in [0, 0.1) is 0 Å². The normalized spacial score (nSPS) is 10.7. The van der Waals surface area contributed by atoms with Crippen LogP contribution in [-0.4, -0.2) is 23.2 Å². The second-order valence-electron chi connectivity index (χ2n) is 3.05. The molecule has 1 aromatic carbocycles. The summed E-state index contributed by atoms with van der Waals surface area (Å²) in [7, 11) is 1.75. The fraction of sp³-hybridized carbons (Fsp3) is 0.0833. The van der Waals surface area contributed by atoms with Crippen LogP contribution in [0.4, 0.5) is 0 Å². The van der Waals surface area contributed by atoms with Crippen molar-refractivity contribution in [2.24, 2.45) is 4.99 Å². The van der Waals surface area contributed by atoms with Gasteiger partial charge < -0.3 is 0 Å². The zero-order valence-corrected chi connectivity index (χ0v) is 8.46. The Morgan fingerprint density at radius 2 is 1.80 bits per heavy atom. The lowest BCUT2D eigenvalue weighted by molar-refractivity contribution is 1.17. The van der Waals surface area contributed by atoms with Gasteiger partial charge in [-0.15, -0.1) is 0 Å². The minimum absolute atomic E-state index is 0.730. The van der Waals surface area contributed by atoms with Crippen molar-refractivity contribution in [3.8, 4) is 11.4 Å². The predicted octanol–water partition coefficient (Wildman–Crippen LogP) is 2.19. The van der Waals surface area contributed by atoms with Crippen molar-refractivity contribution in [1.29, 1.82) is 0 Å². The summed E-state index contributed by atoms with van der Waals surface area (Å²) < 4.78 is 0. The molecule has 0 bridgehead atoms. The number of aromatic nitrogens is 2. The van der Waals surface area contributed by atoms with Gasteiger partial charge in [-0.25, -0.2) is 9.97 Å². The molecule has 0 aliphatic heterocycles. The van der Waals surface area contributed by atoms with Gasteiger partial charge in [-0.3, -0.25) is 4.99 Å². The first-order valence-electron chi connectivity index (χ1n) is 4.70. The molecule has 0 aliphatic rings. The zero-order valence-electron chi connectivity index (χ0n) is 8.46. The summed E-state index contributed by atoms with van der Waals surface area (Å²) in [5, 5.41) is 0. The molecule has 3 heteroatoms. The van der Waals surface area contributed by atoms with E-state index in [1.807, 2.05) is 30.5 Å². The number of rotatable bonds is 2. The molecule has 2 aromatic rings. The third-order valence-electron chi connectivity index (χ3n) is 2.04. The SMILES string of the molecule is CN=Cc1ccccc1-c1ncccn1. The number of hydrogen-bond acceptors (Lipinski definition) is 3. The van der Waals surface area contributed by atoms with Gasteiger partial charge in [0.05, 0.1) is 0 Å². The molecule has 74 valence electrons. The van der Waals surface area contributed by atoms with E-state index in [1.54, 1.807) is 25.5 Å². The van der Waals surface area contributed by atoms with Crippen LogP contribution in [-0.2, 0) is 0 Å². The minimum atomic E-state index is 0.730. The van der Waals surface area contributed by atoms with Crippen molar-refractivity contribution in [2.75, 3.05) is 7.05 Å². The van der Waals surface area contributed by atoms with E-state index in [4.69, 9.17) is 0 Å². The molecule has 0 fully saturated rings. The molecule has 0 aliphatic carbocycles. The third kappa shape index (κ3) is 2.07. The van der Waals surface area contributed by atoms with Crippen LogP contribution in [0.15, 0.2) is 47.7 Å². The van der Waals surface area contributed by atoms with E-state index in [1.165, 1.54) is 0 Å². The fourth-order valence-electron chi connectivity index (χ4n) is 1.39. The Bertz CT molecular complexity index is 463. The fourth-order valence-corrected chi connectivity index (χ4v) is 1.39. The Morgan fingerprint density at radius 1 is 1.07 bits per heavy atom. The average molecular weight is 197 g/mol. The summed E-state index contributed by atoms with van der Waals surface area (Å²) in [5.74, 6) is 0.730. The molecular weight excluding hydrogens is 186 g/mol. The molecule has 0 amide bonds. The first-order chi connectivity index (χ1) is 7.42. The number of aliphatic imine (C=N–C) groups is 1.